The molecule has 0 aliphatic carbocycles. The van der Waals surface area contributed by atoms with Crippen LogP contribution >= 0.6 is 45.5 Å². The number of aromatic nitrogens is 4. The number of thiazole rings is 1. The van der Waals surface area contributed by atoms with Crippen molar-refractivity contribution in [2.45, 2.75) is 17.7 Å². The van der Waals surface area contributed by atoms with Crippen molar-refractivity contribution in [2.75, 3.05) is 6.26 Å². The van der Waals surface area contributed by atoms with Crippen LogP contribution in [0.4, 0.5) is 0 Å². The lowest BCUT2D eigenvalue weighted by atomic mass is 10.0. The fraction of sp³-hybridized carbons (Fsp3) is 0.200. The number of nitrogens with two attached hydrogens (primary N) is 1. The molecular formula is C15H13ClIN5O3S2. The molecule has 1 amide bonds. The van der Waals surface area contributed by atoms with Gasteiger partial charge in [-0.1, -0.05) is 22.9 Å². The van der Waals surface area contributed by atoms with Crippen LogP contribution < -0.4 is 5.73 Å². The lowest BCUT2D eigenvalue weighted by Crippen LogP contribution is -2.16. The molecule has 0 fully saturated rings. The average Bonchev–Trinajstić information content (AvgIpc) is 3.20. The maximum Gasteiger partial charge on any atom is 0.249 e. The number of benzene rings is 1. The molecule has 1 aromatic carbocycles. The van der Waals surface area contributed by atoms with Gasteiger partial charge in [0.2, 0.25) is 11.0 Å². The van der Waals surface area contributed by atoms with Crippen LogP contribution in [0.25, 0.3) is 5.13 Å². The molecule has 27 heavy (non-hydrogen) atoms. The van der Waals surface area contributed by atoms with Crippen molar-refractivity contribution in [3.63, 3.8) is 0 Å². The Balaban J connectivity index is 1.93. The smallest absolute Gasteiger partial charge is 0.249 e. The van der Waals surface area contributed by atoms with E-state index in [9.17, 15) is 13.2 Å². The van der Waals surface area contributed by atoms with Crippen molar-refractivity contribution in [3.05, 3.63) is 49.5 Å². The number of carbonyl (C=O) groups excluding carboxylic acids is 1. The van der Waals surface area contributed by atoms with E-state index in [1.165, 1.54) is 29.8 Å². The molecule has 0 spiro atoms. The Morgan fingerprint density at radius 2 is 2.07 bits per heavy atom. The van der Waals surface area contributed by atoms with Crippen molar-refractivity contribution >= 4 is 61.3 Å². The van der Waals surface area contributed by atoms with Crippen molar-refractivity contribution in [1.29, 1.82) is 0 Å². The molecule has 0 unspecified atom stereocenters. The van der Waals surface area contributed by atoms with Crippen LogP contribution in [-0.4, -0.2) is 40.3 Å². The number of carbonyl (C=O) groups is 1. The standard InChI is InChI=1S/C15H13ClIN5O3S2/c1-27(24,25)8-4-10(14(18)23)9(11(16)5-8)2-3-13-20-7-21-22(13)15-19-6-12(17)26-15/h4-7H,2-3H2,1H3,(H2,18,23). The summed E-state index contributed by atoms with van der Waals surface area (Å²) in [5, 5.41) is 5.03. The third kappa shape index (κ3) is 4.47. The normalized spacial score (nSPS) is 11.7. The van der Waals surface area contributed by atoms with Gasteiger partial charge in [0.05, 0.1) is 14.0 Å². The van der Waals surface area contributed by atoms with Crippen molar-refractivity contribution in [3.8, 4) is 5.13 Å². The number of nitrogens with zero attached hydrogens (tertiary/aromatic N) is 4. The predicted octanol–water partition coefficient (Wildman–Crippen LogP) is 2.27. The number of hydrogen-bond donors (Lipinski definition) is 1. The van der Waals surface area contributed by atoms with E-state index in [1.807, 2.05) is 0 Å². The first kappa shape index (κ1) is 20.2. The first-order chi connectivity index (χ1) is 12.7. The molecule has 12 heteroatoms. The highest BCUT2D eigenvalue weighted by molar-refractivity contribution is 14.1. The zero-order valence-corrected chi connectivity index (χ0v) is 18.4. The third-order valence-corrected chi connectivity index (χ3v) is 6.86. The van der Waals surface area contributed by atoms with Crippen LogP contribution in [0.2, 0.25) is 5.02 Å². The number of aryl methyl sites for hydroxylation is 1. The molecular weight excluding hydrogens is 525 g/mol. The highest BCUT2D eigenvalue weighted by Crippen LogP contribution is 2.27. The Morgan fingerprint density at radius 1 is 1.33 bits per heavy atom. The van der Waals surface area contributed by atoms with E-state index in [4.69, 9.17) is 17.3 Å². The maximum atomic E-state index is 11.8. The average molecular weight is 538 g/mol. The molecule has 0 saturated carbocycles. The molecule has 142 valence electrons. The van der Waals surface area contributed by atoms with Gasteiger partial charge >= 0.3 is 0 Å². The van der Waals surface area contributed by atoms with Gasteiger partial charge in [-0.05, 0) is 46.7 Å². The van der Waals surface area contributed by atoms with Crippen molar-refractivity contribution < 1.29 is 13.2 Å². The molecule has 3 aromatic rings. The van der Waals surface area contributed by atoms with Gasteiger partial charge in [0.1, 0.15) is 12.2 Å². The number of rotatable bonds is 6. The van der Waals surface area contributed by atoms with Crippen LogP contribution in [-0.2, 0) is 22.7 Å². The summed E-state index contributed by atoms with van der Waals surface area (Å²) in [6.07, 6.45) is 4.95. The third-order valence-electron chi connectivity index (χ3n) is 3.73. The van der Waals surface area contributed by atoms with Crippen LogP contribution in [0.15, 0.2) is 29.6 Å². The van der Waals surface area contributed by atoms with E-state index in [-0.39, 0.29) is 15.5 Å². The highest BCUT2D eigenvalue weighted by Gasteiger charge is 2.19. The summed E-state index contributed by atoms with van der Waals surface area (Å²) in [6.45, 7) is 0. The molecule has 2 heterocycles. The zero-order valence-electron chi connectivity index (χ0n) is 13.9. The summed E-state index contributed by atoms with van der Waals surface area (Å²) in [6, 6.07) is 2.58. The number of hydrogen-bond acceptors (Lipinski definition) is 7. The van der Waals surface area contributed by atoms with Gasteiger partial charge in [0, 0.05) is 23.3 Å². The summed E-state index contributed by atoms with van der Waals surface area (Å²) < 4.78 is 26.2. The zero-order chi connectivity index (χ0) is 19.8. The van der Waals surface area contributed by atoms with Crippen LogP contribution in [0, 0.1) is 2.88 Å². The van der Waals surface area contributed by atoms with Gasteiger partial charge in [-0.15, -0.1) is 0 Å². The largest absolute Gasteiger partial charge is 0.366 e. The minimum atomic E-state index is -3.52. The predicted molar refractivity (Wildman–Crippen MR) is 110 cm³/mol. The number of halogens is 2. The van der Waals surface area contributed by atoms with E-state index < -0.39 is 15.7 Å². The van der Waals surface area contributed by atoms with Crippen LogP contribution in [0.1, 0.15) is 21.7 Å². The molecule has 3 rings (SSSR count). The quantitative estimate of drug-likeness (QED) is 0.482. The maximum absolute atomic E-state index is 11.8. The molecule has 0 aliphatic rings. The topological polar surface area (TPSA) is 121 Å². The minimum Gasteiger partial charge on any atom is -0.366 e. The van der Waals surface area contributed by atoms with Crippen LogP contribution in [0.5, 0.6) is 0 Å². The van der Waals surface area contributed by atoms with E-state index in [1.54, 1.807) is 10.9 Å². The molecule has 8 nitrogen and oxygen atoms in total. The van der Waals surface area contributed by atoms with Gasteiger partial charge in [0.25, 0.3) is 0 Å². The van der Waals surface area contributed by atoms with Crippen LogP contribution in [0.3, 0.4) is 0 Å². The lowest BCUT2D eigenvalue weighted by Gasteiger charge is -2.11. The second kappa shape index (κ2) is 7.81. The number of sulfone groups is 1. The molecule has 2 aromatic heterocycles. The van der Waals surface area contributed by atoms with E-state index in [2.05, 4.69) is 37.7 Å². The van der Waals surface area contributed by atoms with Crippen molar-refractivity contribution in [1.82, 2.24) is 19.7 Å². The lowest BCUT2D eigenvalue weighted by molar-refractivity contribution is 0.0999. The summed E-state index contributed by atoms with van der Waals surface area (Å²) in [4.78, 5) is 20.3. The summed E-state index contributed by atoms with van der Waals surface area (Å²) in [7, 11) is -3.52. The monoisotopic (exact) mass is 537 g/mol. The van der Waals surface area contributed by atoms with Gasteiger partial charge in [-0.2, -0.15) is 9.78 Å². The second-order valence-corrected chi connectivity index (χ2v) is 10.9. The molecule has 0 atom stereocenters. The van der Waals surface area contributed by atoms with Gasteiger partial charge in [-0.3, -0.25) is 4.79 Å². The Morgan fingerprint density at radius 3 is 2.67 bits per heavy atom. The Labute approximate surface area is 177 Å². The fourth-order valence-electron chi connectivity index (χ4n) is 2.48. The number of amides is 1. The Bertz CT molecular complexity index is 1130. The fourth-order valence-corrected chi connectivity index (χ4v) is 4.87. The second-order valence-electron chi connectivity index (χ2n) is 5.60. The van der Waals surface area contributed by atoms with Gasteiger partial charge < -0.3 is 5.73 Å². The first-order valence-corrected chi connectivity index (χ1v) is 11.7. The van der Waals surface area contributed by atoms with Gasteiger partial charge in [-0.25, -0.2) is 18.4 Å². The van der Waals surface area contributed by atoms with Gasteiger partial charge in [0.15, 0.2) is 9.84 Å². The molecule has 0 radical (unpaired) electrons. The summed E-state index contributed by atoms with van der Waals surface area (Å²) in [5.41, 5.74) is 5.99. The Hall–Kier alpha value is -1.57. The molecule has 0 bridgehead atoms. The Kier molecular flexibility index (Phi) is 5.84. The summed E-state index contributed by atoms with van der Waals surface area (Å²) >= 11 is 9.89. The highest BCUT2D eigenvalue weighted by atomic mass is 127. The van der Waals surface area contributed by atoms with E-state index >= 15 is 0 Å². The first-order valence-electron chi connectivity index (χ1n) is 7.49. The molecule has 0 saturated heterocycles. The van der Waals surface area contributed by atoms with E-state index in [0.717, 1.165) is 9.14 Å². The van der Waals surface area contributed by atoms with Crippen molar-refractivity contribution in [2.24, 2.45) is 5.73 Å². The SMILES string of the molecule is CS(=O)(=O)c1cc(Cl)c(CCc2ncnn2-c2ncc(I)s2)c(C(N)=O)c1. The number of primary amides is 1. The molecule has 0 aliphatic heterocycles. The van der Waals surface area contributed by atoms with E-state index in [0.29, 0.717) is 29.4 Å². The summed E-state index contributed by atoms with van der Waals surface area (Å²) in [5.74, 6) is -0.104. The molecule has 2 N–H and O–H groups in total. The minimum absolute atomic E-state index is 0.0504.